The maximum absolute atomic E-state index is 7.22. The highest BCUT2D eigenvalue weighted by Crippen LogP contribution is 2.49. The zero-order valence-electron chi connectivity index (χ0n) is 21.0. The van der Waals surface area contributed by atoms with Crippen molar-refractivity contribution in [3.63, 3.8) is 0 Å². The third kappa shape index (κ3) is 7.21. The van der Waals surface area contributed by atoms with Gasteiger partial charge in [0.25, 0.3) is 0 Å². The Labute approximate surface area is 189 Å². The van der Waals surface area contributed by atoms with E-state index >= 15 is 0 Å². The molecule has 0 atom stereocenters. The van der Waals surface area contributed by atoms with E-state index in [-0.39, 0.29) is 0 Å². The fraction of sp³-hybridized carbons (Fsp3) is 1.00. The molecule has 6 nitrogen and oxygen atoms in total. The van der Waals surface area contributed by atoms with Crippen LogP contribution in [0.5, 0.6) is 0 Å². The summed E-state index contributed by atoms with van der Waals surface area (Å²) in [4.78, 5) is 0. The van der Waals surface area contributed by atoms with E-state index in [0.717, 1.165) is 57.2 Å². The minimum atomic E-state index is -2.48. The van der Waals surface area contributed by atoms with Gasteiger partial charge in [-0.05, 0) is 54.0 Å². The van der Waals surface area contributed by atoms with Gasteiger partial charge in [0.05, 0.1) is 0 Å². The first-order valence-electron chi connectivity index (χ1n) is 11.7. The van der Waals surface area contributed by atoms with Crippen molar-refractivity contribution in [1.82, 2.24) is 0 Å². The summed E-state index contributed by atoms with van der Waals surface area (Å²) in [5.74, 6) is 0. The first-order valence-corrected chi connectivity index (χ1v) is 18.0. The van der Waals surface area contributed by atoms with E-state index in [9.17, 15) is 0 Å². The maximum atomic E-state index is 7.22. The summed E-state index contributed by atoms with van der Waals surface area (Å²) in [7, 11) is -2.12. The van der Waals surface area contributed by atoms with Gasteiger partial charge in [0, 0.05) is 41.2 Å². The molecule has 1 aliphatic heterocycles. The number of hydrogen-bond acceptors (Lipinski definition) is 6. The van der Waals surface area contributed by atoms with Crippen LogP contribution in [0.4, 0.5) is 0 Å². The molecule has 1 fully saturated rings. The molecule has 0 aliphatic carbocycles. The third-order valence-corrected chi connectivity index (χ3v) is 23.0. The molecule has 30 heavy (non-hydrogen) atoms. The zero-order chi connectivity index (χ0) is 22.8. The fourth-order valence-electron chi connectivity index (χ4n) is 4.21. The van der Waals surface area contributed by atoms with Crippen LogP contribution in [0, 0.1) is 0 Å². The largest absolute Gasteiger partial charge is 0.415 e. The monoisotopic (exact) mass is 480 g/mol. The molecule has 0 saturated carbocycles. The van der Waals surface area contributed by atoms with Gasteiger partial charge in [0.15, 0.2) is 0 Å². The molecule has 0 spiro atoms. The lowest BCUT2D eigenvalue weighted by Crippen LogP contribution is -2.73. The van der Waals surface area contributed by atoms with Gasteiger partial charge < -0.3 is 26.6 Å². The van der Waals surface area contributed by atoms with Crippen LogP contribution in [0.1, 0.15) is 60.8 Å². The first-order chi connectivity index (χ1) is 14.1. The minimum absolute atomic E-state index is 0.374. The van der Waals surface area contributed by atoms with E-state index < -0.39 is 25.7 Å². The Bertz CT molecular complexity index is 403. The molecule has 1 rings (SSSR count). The fourth-order valence-corrected chi connectivity index (χ4v) is 24.6. The summed E-state index contributed by atoms with van der Waals surface area (Å²) in [6.07, 6.45) is 2.92. The average Bonchev–Trinajstić information content (AvgIpc) is 2.68. The molecule has 0 amide bonds. The molecule has 1 aliphatic rings. The van der Waals surface area contributed by atoms with Gasteiger partial charge in [-0.2, -0.15) is 0 Å². The van der Waals surface area contributed by atoms with Crippen LogP contribution >= 0.6 is 0 Å². The van der Waals surface area contributed by atoms with Crippen LogP contribution in [-0.2, 0) is 26.6 Å². The van der Waals surface area contributed by atoms with Crippen LogP contribution in [0.3, 0.4) is 0 Å². The molecule has 9 heteroatoms. The zero-order valence-corrected chi connectivity index (χ0v) is 24.0. The number of rotatable bonds is 15. The molecule has 0 aromatic heterocycles. The van der Waals surface area contributed by atoms with Gasteiger partial charge in [-0.15, -0.1) is 0 Å². The Morgan fingerprint density at radius 1 is 0.500 bits per heavy atom. The average molecular weight is 481 g/mol. The topological polar surface area (TPSA) is 55.4 Å². The lowest BCUT2D eigenvalue weighted by Gasteiger charge is -2.57. The van der Waals surface area contributed by atoms with Gasteiger partial charge in [0.1, 0.15) is 0 Å². The van der Waals surface area contributed by atoms with Crippen molar-refractivity contribution >= 4 is 25.7 Å². The van der Waals surface area contributed by atoms with E-state index in [1.165, 1.54) is 0 Å². The van der Waals surface area contributed by atoms with Gasteiger partial charge >= 0.3 is 25.7 Å². The third-order valence-electron chi connectivity index (χ3n) is 6.30. The van der Waals surface area contributed by atoms with Crippen molar-refractivity contribution in [1.29, 1.82) is 0 Å². The summed E-state index contributed by atoms with van der Waals surface area (Å²) in [6, 6.07) is 2.91. The first kappa shape index (κ1) is 28.4. The van der Waals surface area contributed by atoms with Crippen molar-refractivity contribution in [2.24, 2.45) is 0 Å². The van der Waals surface area contributed by atoms with Crippen molar-refractivity contribution < 1.29 is 26.6 Å². The van der Waals surface area contributed by atoms with Crippen LogP contribution in [0.2, 0.25) is 34.8 Å². The molecule has 0 unspecified atom stereocenters. The van der Waals surface area contributed by atoms with E-state index in [1.54, 1.807) is 21.3 Å². The highest BCUT2D eigenvalue weighted by Gasteiger charge is 2.64. The van der Waals surface area contributed by atoms with Gasteiger partial charge in [0.2, 0.25) is 0 Å². The summed E-state index contributed by atoms with van der Waals surface area (Å²) in [5.41, 5.74) is 1.12. The van der Waals surface area contributed by atoms with Gasteiger partial charge in [-0.1, -0.05) is 41.5 Å². The van der Waals surface area contributed by atoms with Crippen LogP contribution < -0.4 is 0 Å². The van der Waals surface area contributed by atoms with E-state index in [1.807, 2.05) is 0 Å². The predicted molar refractivity (Wildman–Crippen MR) is 130 cm³/mol. The number of ether oxygens (including phenoxy) is 3. The molecule has 0 N–H and O–H groups in total. The molecule has 180 valence electrons. The van der Waals surface area contributed by atoms with E-state index in [4.69, 9.17) is 26.6 Å². The molecule has 1 saturated heterocycles. The highest BCUT2D eigenvalue weighted by atomic mass is 28.5. The van der Waals surface area contributed by atoms with E-state index in [0.29, 0.717) is 16.6 Å². The van der Waals surface area contributed by atoms with Crippen molar-refractivity contribution in [3.05, 3.63) is 0 Å². The Balaban J connectivity index is 3.42. The van der Waals surface area contributed by atoms with Gasteiger partial charge in [-0.25, -0.2) is 0 Å². The quantitative estimate of drug-likeness (QED) is 0.221. The highest BCUT2D eigenvalue weighted by molar-refractivity contribution is 6.96. The molecule has 0 aromatic carbocycles. The lowest BCUT2D eigenvalue weighted by atomic mass is 10.5. The standard InChI is InChI=1S/C21H48O6Si3/c1-19(2)28(16-10-13-22-7)25-29(20(3)4,17-11-14-23-8)27-30(26-28,21(5)6)18-12-15-24-9/h19-21H,10-18H2,1-9H3. The minimum Gasteiger partial charge on any atom is -0.415 e. The van der Waals surface area contributed by atoms with Crippen LogP contribution in [0.15, 0.2) is 0 Å². The summed E-state index contributed by atoms with van der Waals surface area (Å²) < 4.78 is 37.8. The summed E-state index contributed by atoms with van der Waals surface area (Å²) >= 11 is 0. The number of hydrogen-bond donors (Lipinski definition) is 0. The Morgan fingerprint density at radius 3 is 0.900 bits per heavy atom. The maximum Gasteiger partial charge on any atom is 0.323 e. The van der Waals surface area contributed by atoms with Crippen LogP contribution in [-0.4, -0.2) is 66.8 Å². The Hall–Kier alpha value is 0.411. The normalized spacial score (nSPS) is 30.0. The molecular weight excluding hydrogens is 432 g/mol. The van der Waals surface area contributed by atoms with Crippen molar-refractivity contribution in [3.8, 4) is 0 Å². The van der Waals surface area contributed by atoms with Crippen molar-refractivity contribution in [2.45, 2.75) is 95.6 Å². The Morgan fingerprint density at radius 2 is 0.733 bits per heavy atom. The summed E-state index contributed by atoms with van der Waals surface area (Å²) in [5, 5.41) is 0. The van der Waals surface area contributed by atoms with Crippen LogP contribution in [0.25, 0.3) is 0 Å². The number of methoxy groups -OCH3 is 3. The second-order valence-corrected chi connectivity index (χ2v) is 21.8. The second-order valence-electron chi connectivity index (χ2n) is 9.49. The smallest absolute Gasteiger partial charge is 0.323 e. The molecular formula is C21H48O6Si3. The Kier molecular flexibility index (Phi) is 12.5. The molecule has 1 heterocycles. The molecule has 0 aromatic rings. The summed E-state index contributed by atoms with van der Waals surface area (Å²) in [6.45, 7) is 15.9. The van der Waals surface area contributed by atoms with Gasteiger partial charge in [-0.3, -0.25) is 0 Å². The lowest BCUT2D eigenvalue weighted by molar-refractivity contribution is 0.163. The van der Waals surface area contributed by atoms with E-state index in [2.05, 4.69) is 41.5 Å². The SMILES string of the molecule is COCCC[Si]1(C(C)C)O[Si](CCCOC)(C(C)C)O[Si](CCCOC)(C(C)C)O1. The predicted octanol–water partition coefficient (Wildman–Crippen LogP) is 5.72. The molecule has 0 bridgehead atoms. The molecule has 0 radical (unpaired) electrons. The van der Waals surface area contributed by atoms with Crippen molar-refractivity contribution in [2.75, 3.05) is 41.2 Å². The second kappa shape index (κ2) is 13.2.